The SMILES string of the molecule is COc1ccc2c(CC(=O)N3C[C@@H](N)[C@H](c4cn(C)cn4)C3)coc2c1. The molecule has 1 saturated heterocycles. The fourth-order valence-corrected chi connectivity index (χ4v) is 3.57. The molecule has 26 heavy (non-hydrogen) atoms. The number of likely N-dealkylation sites (tertiary alicyclic amines) is 1. The Hall–Kier alpha value is -2.80. The van der Waals surface area contributed by atoms with Crippen LogP contribution in [-0.4, -0.2) is 46.6 Å². The zero-order chi connectivity index (χ0) is 18.3. The van der Waals surface area contributed by atoms with Crippen molar-refractivity contribution in [2.75, 3.05) is 20.2 Å². The summed E-state index contributed by atoms with van der Waals surface area (Å²) in [5, 5.41) is 0.934. The summed E-state index contributed by atoms with van der Waals surface area (Å²) in [5.74, 6) is 0.858. The second-order valence-electron chi connectivity index (χ2n) is 6.83. The van der Waals surface area contributed by atoms with Crippen molar-refractivity contribution in [2.24, 2.45) is 12.8 Å². The average molecular weight is 354 g/mol. The van der Waals surface area contributed by atoms with Crippen LogP contribution in [0.2, 0.25) is 0 Å². The molecule has 7 nitrogen and oxygen atoms in total. The molecule has 1 aromatic carbocycles. The molecule has 0 saturated carbocycles. The lowest BCUT2D eigenvalue weighted by Crippen LogP contribution is -2.33. The first-order chi connectivity index (χ1) is 12.5. The third-order valence-electron chi connectivity index (χ3n) is 5.03. The number of methoxy groups -OCH3 is 1. The monoisotopic (exact) mass is 354 g/mol. The van der Waals surface area contributed by atoms with Gasteiger partial charge < -0.3 is 24.4 Å². The van der Waals surface area contributed by atoms with Crippen LogP contribution in [0.5, 0.6) is 5.75 Å². The van der Waals surface area contributed by atoms with Crippen molar-refractivity contribution in [1.82, 2.24) is 14.5 Å². The van der Waals surface area contributed by atoms with Crippen LogP contribution in [0.25, 0.3) is 11.0 Å². The van der Waals surface area contributed by atoms with Crippen LogP contribution >= 0.6 is 0 Å². The number of ether oxygens (including phenoxy) is 1. The van der Waals surface area contributed by atoms with Gasteiger partial charge in [0.1, 0.15) is 11.3 Å². The van der Waals surface area contributed by atoms with Crippen molar-refractivity contribution >= 4 is 16.9 Å². The highest BCUT2D eigenvalue weighted by Gasteiger charge is 2.35. The third kappa shape index (κ3) is 2.94. The Morgan fingerprint density at radius 2 is 2.27 bits per heavy atom. The van der Waals surface area contributed by atoms with E-state index in [4.69, 9.17) is 14.9 Å². The Balaban J connectivity index is 1.49. The molecular formula is C19H22N4O3. The first-order valence-corrected chi connectivity index (χ1v) is 8.60. The summed E-state index contributed by atoms with van der Waals surface area (Å²) in [4.78, 5) is 19.0. The number of benzene rings is 1. The first-order valence-electron chi connectivity index (χ1n) is 8.60. The van der Waals surface area contributed by atoms with E-state index in [1.54, 1.807) is 19.7 Å². The van der Waals surface area contributed by atoms with Crippen LogP contribution in [0.15, 0.2) is 41.4 Å². The van der Waals surface area contributed by atoms with Gasteiger partial charge in [0, 0.05) is 55.3 Å². The largest absolute Gasteiger partial charge is 0.497 e. The smallest absolute Gasteiger partial charge is 0.227 e. The second kappa shape index (κ2) is 6.49. The van der Waals surface area contributed by atoms with Crippen LogP contribution < -0.4 is 10.5 Å². The Kier molecular flexibility index (Phi) is 4.16. The lowest BCUT2D eigenvalue weighted by Gasteiger charge is -2.15. The summed E-state index contributed by atoms with van der Waals surface area (Å²) in [6.45, 7) is 1.14. The molecule has 0 unspecified atom stereocenters. The van der Waals surface area contributed by atoms with Crippen molar-refractivity contribution in [3.8, 4) is 5.75 Å². The van der Waals surface area contributed by atoms with Gasteiger partial charge in [-0.25, -0.2) is 4.98 Å². The van der Waals surface area contributed by atoms with E-state index in [0.717, 1.165) is 28.0 Å². The molecule has 1 aliphatic rings. The van der Waals surface area contributed by atoms with Gasteiger partial charge in [0.2, 0.25) is 5.91 Å². The summed E-state index contributed by atoms with van der Waals surface area (Å²) < 4.78 is 12.7. The standard InChI is InChI=1S/C19H22N4O3/c1-22-9-17(21-11-22)15-7-23(8-16(15)20)19(24)5-12-10-26-18-6-13(25-2)3-4-14(12)18/h3-4,6,9-11,15-16H,5,7-8,20H2,1-2H3/t15-,16-/m1/s1. The zero-order valence-corrected chi connectivity index (χ0v) is 14.9. The molecule has 0 spiro atoms. The number of carbonyl (C=O) groups is 1. The molecule has 3 heterocycles. The number of hydrogen-bond donors (Lipinski definition) is 1. The quantitative estimate of drug-likeness (QED) is 0.770. The van der Waals surface area contributed by atoms with Crippen molar-refractivity contribution in [2.45, 2.75) is 18.4 Å². The number of aryl methyl sites for hydroxylation is 1. The molecule has 3 aromatic rings. The number of rotatable bonds is 4. The van der Waals surface area contributed by atoms with Gasteiger partial charge in [-0.05, 0) is 12.1 Å². The third-order valence-corrected chi connectivity index (χ3v) is 5.03. The van der Waals surface area contributed by atoms with E-state index >= 15 is 0 Å². The van der Waals surface area contributed by atoms with Gasteiger partial charge >= 0.3 is 0 Å². The molecule has 1 aliphatic heterocycles. The highest BCUT2D eigenvalue weighted by molar-refractivity contribution is 5.88. The molecule has 2 N–H and O–H groups in total. The molecule has 0 aliphatic carbocycles. The van der Waals surface area contributed by atoms with Crippen LogP contribution in [0, 0.1) is 0 Å². The summed E-state index contributed by atoms with van der Waals surface area (Å²) in [6, 6.07) is 5.52. The number of fused-ring (bicyclic) bond motifs is 1. The lowest BCUT2D eigenvalue weighted by atomic mass is 10.0. The van der Waals surface area contributed by atoms with E-state index in [1.165, 1.54) is 0 Å². The molecule has 0 bridgehead atoms. The number of nitrogens with zero attached hydrogens (tertiary/aromatic N) is 3. The predicted octanol–water partition coefficient (Wildman–Crippen LogP) is 1.67. The van der Waals surface area contributed by atoms with Crippen LogP contribution in [0.3, 0.4) is 0 Å². The number of aromatic nitrogens is 2. The highest BCUT2D eigenvalue weighted by atomic mass is 16.5. The normalized spacial score (nSPS) is 20.0. The van der Waals surface area contributed by atoms with Gasteiger partial charge in [-0.1, -0.05) is 0 Å². The van der Waals surface area contributed by atoms with Gasteiger partial charge in [0.15, 0.2) is 0 Å². The average Bonchev–Trinajstić information content (AvgIpc) is 3.33. The Morgan fingerprint density at radius 1 is 1.42 bits per heavy atom. The summed E-state index contributed by atoms with van der Waals surface area (Å²) >= 11 is 0. The van der Waals surface area contributed by atoms with Gasteiger partial charge in [-0.2, -0.15) is 0 Å². The molecule has 2 aromatic heterocycles. The van der Waals surface area contributed by atoms with Gasteiger partial charge in [0.25, 0.3) is 0 Å². The number of carbonyl (C=O) groups excluding carboxylic acids is 1. The van der Waals surface area contributed by atoms with E-state index in [1.807, 2.05) is 40.9 Å². The number of hydrogen-bond acceptors (Lipinski definition) is 5. The number of furan rings is 1. The molecule has 1 amide bonds. The van der Waals surface area contributed by atoms with Crippen molar-refractivity contribution in [3.05, 3.63) is 48.2 Å². The Morgan fingerprint density at radius 3 is 3.00 bits per heavy atom. The van der Waals surface area contributed by atoms with Gasteiger partial charge in [-0.15, -0.1) is 0 Å². The second-order valence-corrected chi connectivity index (χ2v) is 6.83. The number of nitrogens with two attached hydrogens (primary N) is 1. The molecule has 7 heteroatoms. The first kappa shape index (κ1) is 16.7. The van der Waals surface area contributed by atoms with Crippen LogP contribution in [0.4, 0.5) is 0 Å². The molecular weight excluding hydrogens is 332 g/mol. The number of amides is 1. The maximum absolute atomic E-state index is 12.8. The molecule has 1 fully saturated rings. The minimum Gasteiger partial charge on any atom is -0.497 e. The van der Waals surface area contributed by atoms with Gasteiger partial charge in [0.05, 0.1) is 31.8 Å². The molecule has 0 radical (unpaired) electrons. The van der Waals surface area contributed by atoms with E-state index in [0.29, 0.717) is 19.5 Å². The number of imidazole rings is 1. The van der Waals surface area contributed by atoms with E-state index in [9.17, 15) is 4.79 Å². The minimum atomic E-state index is -0.0980. The summed E-state index contributed by atoms with van der Waals surface area (Å²) in [7, 11) is 3.54. The topological polar surface area (TPSA) is 86.5 Å². The fraction of sp³-hybridized carbons (Fsp3) is 0.368. The fourth-order valence-electron chi connectivity index (χ4n) is 3.57. The minimum absolute atomic E-state index is 0.0531. The summed E-state index contributed by atoms with van der Waals surface area (Å²) in [5.41, 5.74) is 8.81. The Bertz CT molecular complexity index is 945. The molecule has 2 atom stereocenters. The highest BCUT2D eigenvalue weighted by Crippen LogP contribution is 2.28. The predicted molar refractivity (Wildman–Crippen MR) is 97.0 cm³/mol. The molecule has 136 valence electrons. The molecule has 4 rings (SSSR count). The summed E-state index contributed by atoms with van der Waals surface area (Å²) in [6.07, 6.45) is 5.67. The van der Waals surface area contributed by atoms with E-state index in [-0.39, 0.29) is 17.9 Å². The van der Waals surface area contributed by atoms with Gasteiger partial charge in [-0.3, -0.25) is 4.79 Å². The Labute approximate surface area is 151 Å². The lowest BCUT2D eigenvalue weighted by molar-refractivity contribution is -0.129. The maximum Gasteiger partial charge on any atom is 0.227 e. The van der Waals surface area contributed by atoms with Crippen LogP contribution in [-0.2, 0) is 18.3 Å². The van der Waals surface area contributed by atoms with Crippen molar-refractivity contribution in [1.29, 1.82) is 0 Å². The van der Waals surface area contributed by atoms with E-state index in [2.05, 4.69) is 4.98 Å². The van der Waals surface area contributed by atoms with E-state index < -0.39 is 0 Å². The van der Waals surface area contributed by atoms with Crippen molar-refractivity contribution < 1.29 is 13.9 Å². The van der Waals surface area contributed by atoms with Crippen molar-refractivity contribution in [3.63, 3.8) is 0 Å². The van der Waals surface area contributed by atoms with Crippen LogP contribution in [0.1, 0.15) is 17.2 Å². The maximum atomic E-state index is 12.8. The zero-order valence-electron chi connectivity index (χ0n) is 14.9.